The van der Waals surface area contributed by atoms with E-state index < -0.39 is 13.0 Å². The maximum Gasteiger partial charge on any atom is 0.255 e. The first kappa shape index (κ1) is 15.6. The molecule has 106 valence electrons. The molecule has 0 aliphatic heterocycles. The average molecular weight is 270 g/mol. The van der Waals surface area contributed by atoms with Crippen LogP contribution in [0.15, 0.2) is 24.3 Å². The summed E-state index contributed by atoms with van der Waals surface area (Å²) in [5.41, 5.74) is 7.51. The quantitative estimate of drug-likeness (QED) is 0.823. The normalized spacial score (nSPS) is 10.8. The van der Waals surface area contributed by atoms with Crippen LogP contribution in [0.4, 0.5) is 8.78 Å². The minimum absolute atomic E-state index is 0.178. The van der Waals surface area contributed by atoms with Gasteiger partial charge in [-0.15, -0.1) is 0 Å². The van der Waals surface area contributed by atoms with Crippen molar-refractivity contribution in [2.45, 2.75) is 26.2 Å². The van der Waals surface area contributed by atoms with Crippen molar-refractivity contribution in [1.82, 2.24) is 4.90 Å². The molecule has 0 radical (unpaired) electrons. The fourth-order valence-corrected chi connectivity index (χ4v) is 1.93. The van der Waals surface area contributed by atoms with E-state index in [1.54, 1.807) is 0 Å². The fraction of sp³-hybridized carbons (Fsp3) is 0.500. The van der Waals surface area contributed by atoms with E-state index in [2.05, 4.69) is 0 Å². The summed E-state index contributed by atoms with van der Waals surface area (Å²) in [6, 6.07) is 7.75. The van der Waals surface area contributed by atoms with Gasteiger partial charge in [-0.05, 0) is 24.5 Å². The number of benzene rings is 1. The summed E-state index contributed by atoms with van der Waals surface area (Å²) in [5.74, 6) is -0.269. The Bertz CT molecular complexity index is 410. The third-order valence-electron chi connectivity index (χ3n) is 2.98. The van der Waals surface area contributed by atoms with E-state index >= 15 is 0 Å². The third kappa shape index (κ3) is 5.34. The number of nitrogens with two attached hydrogens (primary N) is 1. The van der Waals surface area contributed by atoms with Gasteiger partial charge in [0.05, 0.1) is 6.54 Å². The Morgan fingerprint density at radius 2 is 2.05 bits per heavy atom. The lowest BCUT2D eigenvalue weighted by molar-refractivity contribution is -0.133. The summed E-state index contributed by atoms with van der Waals surface area (Å²) in [6.45, 7) is 1.81. The van der Waals surface area contributed by atoms with Crippen molar-refractivity contribution in [3.63, 3.8) is 0 Å². The van der Waals surface area contributed by atoms with E-state index in [-0.39, 0.29) is 25.4 Å². The molecular weight excluding hydrogens is 250 g/mol. The summed E-state index contributed by atoms with van der Waals surface area (Å²) in [5, 5.41) is 0. The zero-order valence-electron chi connectivity index (χ0n) is 11.1. The van der Waals surface area contributed by atoms with Crippen molar-refractivity contribution in [2.24, 2.45) is 5.73 Å². The van der Waals surface area contributed by atoms with Crippen molar-refractivity contribution in [3.8, 4) is 0 Å². The highest BCUT2D eigenvalue weighted by Gasteiger charge is 2.17. The molecule has 0 saturated heterocycles. The number of carbonyl (C=O) groups excluding carboxylic acids is 1. The highest BCUT2D eigenvalue weighted by atomic mass is 19.3. The van der Waals surface area contributed by atoms with Crippen LogP contribution in [-0.2, 0) is 11.2 Å². The number of alkyl halides is 2. The van der Waals surface area contributed by atoms with E-state index in [0.717, 1.165) is 16.0 Å². The number of aryl methyl sites for hydroxylation is 2. The molecule has 2 N–H and O–H groups in total. The lowest BCUT2D eigenvalue weighted by Crippen LogP contribution is -2.38. The molecule has 0 saturated carbocycles. The van der Waals surface area contributed by atoms with Crippen LogP contribution in [0.1, 0.15) is 17.5 Å². The number of amides is 1. The lowest BCUT2D eigenvalue weighted by atomic mass is 10.0. The fourth-order valence-electron chi connectivity index (χ4n) is 1.93. The standard InChI is InChI=1S/C14H20F2N2O/c1-11-4-2-3-5-12(11)6-7-14(19)18(9-8-17)10-13(15)16/h2-5,13H,6-10,17H2,1H3. The highest BCUT2D eigenvalue weighted by Crippen LogP contribution is 2.11. The summed E-state index contributed by atoms with van der Waals surface area (Å²) < 4.78 is 24.7. The smallest absolute Gasteiger partial charge is 0.255 e. The SMILES string of the molecule is Cc1ccccc1CCC(=O)N(CCN)CC(F)F. The first-order valence-corrected chi connectivity index (χ1v) is 6.35. The van der Waals surface area contributed by atoms with Gasteiger partial charge in [-0.2, -0.15) is 0 Å². The van der Waals surface area contributed by atoms with Crippen molar-refractivity contribution in [1.29, 1.82) is 0 Å². The zero-order chi connectivity index (χ0) is 14.3. The molecule has 3 nitrogen and oxygen atoms in total. The molecule has 0 fully saturated rings. The summed E-state index contributed by atoms with van der Waals surface area (Å²) in [6.07, 6.45) is -1.72. The number of hydrogen-bond acceptors (Lipinski definition) is 2. The Morgan fingerprint density at radius 3 is 2.63 bits per heavy atom. The van der Waals surface area contributed by atoms with Gasteiger partial charge >= 0.3 is 0 Å². The Labute approximate surface area is 112 Å². The number of hydrogen-bond donors (Lipinski definition) is 1. The van der Waals surface area contributed by atoms with Gasteiger partial charge in [0.25, 0.3) is 6.43 Å². The zero-order valence-corrected chi connectivity index (χ0v) is 11.1. The van der Waals surface area contributed by atoms with Crippen molar-refractivity contribution < 1.29 is 13.6 Å². The van der Waals surface area contributed by atoms with Crippen LogP contribution in [-0.4, -0.2) is 36.9 Å². The molecule has 1 amide bonds. The van der Waals surface area contributed by atoms with Gasteiger partial charge in [0.15, 0.2) is 0 Å². The summed E-state index contributed by atoms with van der Waals surface area (Å²) in [7, 11) is 0. The van der Waals surface area contributed by atoms with Crippen molar-refractivity contribution in [3.05, 3.63) is 35.4 Å². The van der Waals surface area contributed by atoms with Crippen LogP contribution in [0.25, 0.3) is 0 Å². The van der Waals surface area contributed by atoms with Gasteiger partial charge in [0.2, 0.25) is 5.91 Å². The first-order chi connectivity index (χ1) is 9.04. The Kier molecular flexibility index (Phi) is 6.42. The lowest BCUT2D eigenvalue weighted by Gasteiger charge is -2.21. The van der Waals surface area contributed by atoms with Crippen LogP contribution >= 0.6 is 0 Å². The second-order valence-electron chi connectivity index (χ2n) is 4.45. The topological polar surface area (TPSA) is 46.3 Å². The van der Waals surface area contributed by atoms with Crippen LogP contribution in [0.2, 0.25) is 0 Å². The van der Waals surface area contributed by atoms with Crippen molar-refractivity contribution >= 4 is 5.91 Å². The number of halogens is 2. The number of carbonyl (C=O) groups is 1. The molecule has 19 heavy (non-hydrogen) atoms. The monoisotopic (exact) mass is 270 g/mol. The van der Waals surface area contributed by atoms with Gasteiger partial charge in [-0.1, -0.05) is 24.3 Å². The Balaban J connectivity index is 2.55. The maximum absolute atomic E-state index is 12.4. The van der Waals surface area contributed by atoms with Gasteiger partial charge < -0.3 is 10.6 Å². The molecule has 5 heteroatoms. The van der Waals surface area contributed by atoms with E-state index in [1.165, 1.54) is 0 Å². The van der Waals surface area contributed by atoms with Gasteiger partial charge in [0.1, 0.15) is 0 Å². The Hall–Kier alpha value is -1.49. The predicted octanol–water partition coefficient (Wildman–Crippen LogP) is 1.98. The molecule has 1 aromatic carbocycles. The molecule has 0 aromatic heterocycles. The minimum atomic E-state index is -2.52. The number of rotatable bonds is 7. The summed E-state index contributed by atoms with van der Waals surface area (Å²) >= 11 is 0. The van der Waals surface area contributed by atoms with Gasteiger partial charge in [0, 0.05) is 19.5 Å². The van der Waals surface area contributed by atoms with Gasteiger partial charge in [-0.3, -0.25) is 4.79 Å². The molecule has 0 atom stereocenters. The highest BCUT2D eigenvalue weighted by molar-refractivity contribution is 5.76. The molecule has 0 spiro atoms. The maximum atomic E-state index is 12.4. The van der Waals surface area contributed by atoms with Crippen LogP contribution in [0, 0.1) is 6.92 Å². The molecule has 0 bridgehead atoms. The van der Waals surface area contributed by atoms with E-state index in [4.69, 9.17) is 5.73 Å². The molecule has 1 aromatic rings. The molecule has 0 unspecified atom stereocenters. The second kappa shape index (κ2) is 7.84. The molecule has 0 aliphatic carbocycles. The van der Waals surface area contributed by atoms with Crippen LogP contribution in [0.5, 0.6) is 0 Å². The number of nitrogens with zero attached hydrogens (tertiary/aromatic N) is 1. The van der Waals surface area contributed by atoms with E-state index in [1.807, 2.05) is 31.2 Å². The molecule has 0 heterocycles. The molecule has 1 rings (SSSR count). The van der Waals surface area contributed by atoms with E-state index in [9.17, 15) is 13.6 Å². The van der Waals surface area contributed by atoms with Crippen molar-refractivity contribution in [2.75, 3.05) is 19.6 Å². The molecular formula is C14H20F2N2O. The van der Waals surface area contributed by atoms with E-state index in [0.29, 0.717) is 6.42 Å². The largest absolute Gasteiger partial charge is 0.336 e. The first-order valence-electron chi connectivity index (χ1n) is 6.35. The third-order valence-corrected chi connectivity index (χ3v) is 2.98. The molecule has 0 aliphatic rings. The average Bonchev–Trinajstić information content (AvgIpc) is 2.36. The van der Waals surface area contributed by atoms with Crippen LogP contribution < -0.4 is 5.73 Å². The predicted molar refractivity (Wildman–Crippen MR) is 71.1 cm³/mol. The van der Waals surface area contributed by atoms with Crippen LogP contribution in [0.3, 0.4) is 0 Å². The minimum Gasteiger partial charge on any atom is -0.336 e. The second-order valence-corrected chi connectivity index (χ2v) is 4.45. The van der Waals surface area contributed by atoms with Gasteiger partial charge in [-0.25, -0.2) is 8.78 Å². The summed E-state index contributed by atoms with van der Waals surface area (Å²) in [4.78, 5) is 13.0. The Morgan fingerprint density at radius 1 is 1.37 bits per heavy atom.